The van der Waals surface area contributed by atoms with Crippen LogP contribution in [0.15, 0.2) is 0 Å². The molecule has 1 fully saturated rings. The van der Waals surface area contributed by atoms with Crippen molar-refractivity contribution in [2.45, 2.75) is 52.5 Å². The van der Waals surface area contributed by atoms with Crippen molar-refractivity contribution in [2.75, 3.05) is 26.2 Å². The Morgan fingerprint density at radius 2 is 2.11 bits per heavy atom. The zero-order valence-electron chi connectivity index (χ0n) is 12.2. The summed E-state index contributed by atoms with van der Waals surface area (Å²) >= 11 is 5.23. The standard InChI is InChI=1S/C14H29N3S/c1-12(2)11-16-14(18)15-8-6-10-17-9-5-4-7-13(17)3/h12-13H,4-11H2,1-3H3,(H2,15,16,18). The normalized spacial score (nSPS) is 21.0. The molecule has 0 spiro atoms. The maximum absolute atomic E-state index is 5.23. The largest absolute Gasteiger partial charge is 0.363 e. The van der Waals surface area contributed by atoms with E-state index in [0.717, 1.165) is 24.2 Å². The number of nitrogens with zero attached hydrogens (tertiary/aromatic N) is 1. The molecule has 0 aromatic carbocycles. The molecule has 1 unspecified atom stereocenters. The van der Waals surface area contributed by atoms with Gasteiger partial charge in [0, 0.05) is 25.7 Å². The smallest absolute Gasteiger partial charge is 0.166 e. The summed E-state index contributed by atoms with van der Waals surface area (Å²) in [6.45, 7) is 11.1. The molecular formula is C14H29N3S. The molecule has 0 saturated carbocycles. The second-order valence-electron chi connectivity index (χ2n) is 5.76. The van der Waals surface area contributed by atoms with Gasteiger partial charge in [0.05, 0.1) is 0 Å². The summed E-state index contributed by atoms with van der Waals surface area (Å²) in [7, 11) is 0. The van der Waals surface area contributed by atoms with E-state index in [9.17, 15) is 0 Å². The summed E-state index contributed by atoms with van der Waals surface area (Å²) in [4.78, 5) is 2.61. The Balaban J connectivity index is 2.02. The summed E-state index contributed by atoms with van der Waals surface area (Å²) in [6.07, 6.45) is 5.31. The van der Waals surface area contributed by atoms with Crippen LogP contribution in [0.4, 0.5) is 0 Å². The maximum atomic E-state index is 5.23. The summed E-state index contributed by atoms with van der Waals surface area (Å²) in [6, 6.07) is 0.768. The van der Waals surface area contributed by atoms with Crippen molar-refractivity contribution in [1.29, 1.82) is 0 Å². The van der Waals surface area contributed by atoms with E-state index in [2.05, 4.69) is 36.3 Å². The molecule has 4 heteroatoms. The van der Waals surface area contributed by atoms with Gasteiger partial charge in [-0.15, -0.1) is 0 Å². The monoisotopic (exact) mass is 271 g/mol. The van der Waals surface area contributed by atoms with Crippen LogP contribution in [-0.2, 0) is 0 Å². The summed E-state index contributed by atoms with van der Waals surface area (Å²) in [5, 5.41) is 7.32. The van der Waals surface area contributed by atoms with Crippen molar-refractivity contribution in [3.63, 3.8) is 0 Å². The van der Waals surface area contributed by atoms with Crippen LogP contribution in [0, 0.1) is 5.92 Å². The van der Waals surface area contributed by atoms with Gasteiger partial charge >= 0.3 is 0 Å². The fraction of sp³-hybridized carbons (Fsp3) is 0.929. The van der Waals surface area contributed by atoms with Gasteiger partial charge in [0.1, 0.15) is 0 Å². The molecule has 1 aliphatic rings. The average Bonchev–Trinajstić information content (AvgIpc) is 2.34. The molecule has 106 valence electrons. The Bertz CT molecular complexity index is 243. The minimum Gasteiger partial charge on any atom is -0.363 e. The van der Waals surface area contributed by atoms with Gasteiger partial charge in [-0.2, -0.15) is 0 Å². The van der Waals surface area contributed by atoms with Gasteiger partial charge in [-0.3, -0.25) is 0 Å². The highest BCUT2D eigenvalue weighted by Gasteiger charge is 2.16. The lowest BCUT2D eigenvalue weighted by molar-refractivity contribution is 0.159. The summed E-state index contributed by atoms with van der Waals surface area (Å²) < 4.78 is 0. The minimum absolute atomic E-state index is 0.638. The van der Waals surface area contributed by atoms with Crippen LogP contribution in [0.25, 0.3) is 0 Å². The molecule has 1 aliphatic heterocycles. The lowest BCUT2D eigenvalue weighted by Gasteiger charge is -2.33. The van der Waals surface area contributed by atoms with Gasteiger partial charge in [0.15, 0.2) is 5.11 Å². The zero-order valence-corrected chi connectivity index (χ0v) is 13.0. The van der Waals surface area contributed by atoms with Gasteiger partial charge in [0.25, 0.3) is 0 Å². The van der Waals surface area contributed by atoms with E-state index in [1.807, 2.05) is 0 Å². The van der Waals surface area contributed by atoms with Crippen LogP contribution < -0.4 is 10.6 Å². The molecule has 0 aromatic heterocycles. The summed E-state index contributed by atoms with van der Waals surface area (Å²) in [5.74, 6) is 0.638. The summed E-state index contributed by atoms with van der Waals surface area (Å²) in [5.41, 5.74) is 0. The fourth-order valence-electron chi connectivity index (χ4n) is 2.33. The van der Waals surface area contributed by atoms with E-state index in [-0.39, 0.29) is 0 Å². The molecule has 0 aromatic rings. The number of hydrogen-bond acceptors (Lipinski definition) is 2. The van der Waals surface area contributed by atoms with Crippen LogP contribution in [0.5, 0.6) is 0 Å². The first-order valence-electron chi connectivity index (χ1n) is 7.35. The van der Waals surface area contributed by atoms with Crippen molar-refractivity contribution in [3.8, 4) is 0 Å². The Labute approximate surface area is 118 Å². The fourth-order valence-corrected chi connectivity index (χ4v) is 2.52. The third kappa shape index (κ3) is 6.55. The van der Waals surface area contributed by atoms with Crippen molar-refractivity contribution >= 4 is 17.3 Å². The Morgan fingerprint density at radius 1 is 1.33 bits per heavy atom. The van der Waals surface area contributed by atoms with Crippen LogP contribution in [0.2, 0.25) is 0 Å². The number of nitrogens with one attached hydrogen (secondary N) is 2. The molecule has 18 heavy (non-hydrogen) atoms. The quantitative estimate of drug-likeness (QED) is 0.573. The van der Waals surface area contributed by atoms with E-state index in [1.165, 1.54) is 38.8 Å². The second-order valence-corrected chi connectivity index (χ2v) is 6.17. The van der Waals surface area contributed by atoms with Gasteiger partial charge in [-0.25, -0.2) is 0 Å². The molecule has 0 amide bonds. The van der Waals surface area contributed by atoms with Crippen LogP contribution in [0.3, 0.4) is 0 Å². The predicted octanol–water partition coefficient (Wildman–Crippen LogP) is 2.37. The van der Waals surface area contributed by atoms with Gasteiger partial charge < -0.3 is 15.5 Å². The molecule has 2 N–H and O–H groups in total. The number of piperidine rings is 1. The Morgan fingerprint density at radius 3 is 2.78 bits per heavy atom. The van der Waals surface area contributed by atoms with E-state index >= 15 is 0 Å². The number of hydrogen-bond donors (Lipinski definition) is 2. The highest BCUT2D eigenvalue weighted by molar-refractivity contribution is 7.80. The molecule has 0 bridgehead atoms. The Hall–Kier alpha value is -0.350. The minimum atomic E-state index is 0.638. The highest BCUT2D eigenvalue weighted by atomic mass is 32.1. The van der Waals surface area contributed by atoms with Crippen molar-refractivity contribution in [3.05, 3.63) is 0 Å². The molecule has 1 heterocycles. The number of likely N-dealkylation sites (tertiary alicyclic amines) is 1. The number of thiocarbonyl (C=S) groups is 1. The van der Waals surface area contributed by atoms with Crippen molar-refractivity contribution in [2.24, 2.45) is 5.92 Å². The van der Waals surface area contributed by atoms with Gasteiger partial charge in [-0.1, -0.05) is 20.3 Å². The third-order valence-electron chi connectivity index (χ3n) is 3.52. The van der Waals surface area contributed by atoms with E-state index in [0.29, 0.717) is 5.92 Å². The topological polar surface area (TPSA) is 27.3 Å². The molecular weight excluding hydrogens is 242 g/mol. The zero-order chi connectivity index (χ0) is 13.4. The first-order valence-corrected chi connectivity index (χ1v) is 7.76. The van der Waals surface area contributed by atoms with Crippen molar-refractivity contribution in [1.82, 2.24) is 15.5 Å². The van der Waals surface area contributed by atoms with Gasteiger partial charge in [0.2, 0.25) is 0 Å². The lowest BCUT2D eigenvalue weighted by Crippen LogP contribution is -2.41. The molecule has 0 aliphatic carbocycles. The molecule has 3 nitrogen and oxygen atoms in total. The number of rotatable bonds is 6. The average molecular weight is 271 g/mol. The molecule has 1 atom stereocenters. The lowest BCUT2D eigenvalue weighted by atomic mass is 10.0. The van der Waals surface area contributed by atoms with E-state index in [1.54, 1.807) is 0 Å². The van der Waals surface area contributed by atoms with Crippen molar-refractivity contribution < 1.29 is 0 Å². The molecule has 1 rings (SSSR count). The first kappa shape index (κ1) is 15.7. The van der Waals surface area contributed by atoms with E-state index < -0.39 is 0 Å². The molecule has 1 saturated heterocycles. The maximum Gasteiger partial charge on any atom is 0.166 e. The third-order valence-corrected chi connectivity index (χ3v) is 3.81. The van der Waals surface area contributed by atoms with Gasteiger partial charge in [-0.05, 0) is 50.9 Å². The van der Waals surface area contributed by atoms with Crippen LogP contribution in [0.1, 0.15) is 46.5 Å². The Kier molecular flexibility index (Phi) is 7.59. The SMILES string of the molecule is CC(C)CNC(=S)NCCCN1CCCCC1C. The second kappa shape index (κ2) is 8.70. The first-order chi connectivity index (χ1) is 8.59. The highest BCUT2D eigenvalue weighted by Crippen LogP contribution is 2.15. The molecule has 0 radical (unpaired) electrons. The van der Waals surface area contributed by atoms with Crippen LogP contribution in [-0.4, -0.2) is 42.2 Å². The van der Waals surface area contributed by atoms with E-state index in [4.69, 9.17) is 12.2 Å². The van der Waals surface area contributed by atoms with Crippen LogP contribution >= 0.6 is 12.2 Å². The predicted molar refractivity (Wildman–Crippen MR) is 82.9 cm³/mol.